The number of carbonyl (C=O) groups excluding carboxylic acids is 1. The fourth-order valence-corrected chi connectivity index (χ4v) is 3.35. The van der Waals surface area contributed by atoms with Crippen molar-refractivity contribution in [1.29, 1.82) is 0 Å². The fourth-order valence-electron chi connectivity index (χ4n) is 3.35. The van der Waals surface area contributed by atoms with Gasteiger partial charge in [0.2, 0.25) is 0 Å². The third-order valence-electron chi connectivity index (χ3n) is 4.84. The summed E-state index contributed by atoms with van der Waals surface area (Å²) in [5, 5.41) is 13.0. The normalized spacial score (nSPS) is 11.4. The molecular formula is C22H18F3N5O2. The lowest BCUT2D eigenvalue weighted by Crippen LogP contribution is -2.21. The first-order valence-corrected chi connectivity index (χ1v) is 9.51. The van der Waals surface area contributed by atoms with Crippen molar-refractivity contribution in [1.82, 2.24) is 20.0 Å². The van der Waals surface area contributed by atoms with Crippen molar-refractivity contribution < 1.29 is 22.7 Å². The number of benzene rings is 2. The third kappa shape index (κ3) is 3.94. The zero-order chi connectivity index (χ0) is 22.9. The van der Waals surface area contributed by atoms with E-state index in [1.165, 1.54) is 19.2 Å². The number of aromatic amines is 1. The summed E-state index contributed by atoms with van der Waals surface area (Å²) < 4.78 is 47.7. The molecule has 10 heteroatoms. The molecule has 0 fully saturated rings. The monoisotopic (exact) mass is 441 g/mol. The van der Waals surface area contributed by atoms with Crippen LogP contribution in [0.25, 0.3) is 16.9 Å². The molecule has 0 saturated carbocycles. The van der Waals surface area contributed by atoms with Crippen molar-refractivity contribution in [2.24, 2.45) is 0 Å². The summed E-state index contributed by atoms with van der Waals surface area (Å²) >= 11 is 0. The first-order chi connectivity index (χ1) is 15.3. The van der Waals surface area contributed by atoms with Gasteiger partial charge in [-0.25, -0.2) is 4.68 Å². The highest BCUT2D eigenvalue weighted by molar-refractivity contribution is 6.05. The minimum atomic E-state index is -4.81. The number of rotatable bonds is 5. The van der Waals surface area contributed by atoms with Crippen LogP contribution in [0, 0.1) is 6.92 Å². The molecule has 2 aromatic carbocycles. The third-order valence-corrected chi connectivity index (χ3v) is 4.84. The van der Waals surface area contributed by atoms with Crippen LogP contribution in [-0.2, 0) is 6.18 Å². The fraction of sp³-hybridized carbons (Fsp3) is 0.136. The predicted octanol–water partition coefficient (Wildman–Crippen LogP) is 4.85. The second-order valence-corrected chi connectivity index (χ2v) is 6.92. The van der Waals surface area contributed by atoms with E-state index in [1.807, 2.05) is 0 Å². The van der Waals surface area contributed by atoms with Crippen LogP contribution in [0.3, 0.4) is 0 Å². The molecule has 2 heterocycles. The van der Waals surface area contributed by atoms with E-state index >= 15 is 0 Å². The van der Waals surface area contributed by atoms with E-state index in [-0.39, 0.29) is 11.5 Å². The van der Waals surface area contributed by atoms with Crippen molar-refractivity contribution in [3.05, 3.63) is 77.6 Å². The Bertz CT molecular complexity index is 1280. The number of carbonyl (C=O) groups is 1. The van der Waals surface area contributed by atoms with Crippen molar-refractivity contribution in [2.45, 2.75) is 13.1 Å². The number of H-pyrrole nitrogens is 1. The Hall–Kier alpha value is -4.08. The number of methoxy groups -OCH3 is 1. The highest BCUT2D eigenvalue weighted by Crippen LogP contribution is 2.35. The first-order valence-electron chi connectivity index (χ1n) is 9.51. The summed E-state index contributed by atoms with van der Waals surface area (Å²) in [4.78, 5) is 12.7. The molecular weight excluding hydrogens is 423 g/mol. The van der Waals surface area contributed by atoms with Crippen molar-refractivity contribution >= 4 is 11.7 Å². The summed E-state index contributed by atoms with van der Waals surface area (Å²) in [7, 11) is 1.52. The average Bonchev–Trinajstić information content (AvgIpc) is 3.41. The lowest BCUT2D eigenvalue weighted by atomic mass is 10.1. The molecule has 0 spiro atoms. The van der Waals surface area contributed by atoms with E-state index in [4.69, 9.17) is 4.74 Å². The largest absolute Gasteiger partial charge is 0.496 e. The molecule has 2 aromatic heterocycles. The van der Waals surface area contributed by atoms with Gasteiger partial charge in [0.05, 0.1) is 30.3 Å². The van der Waals surface area contributed by atoms with Crippen molar-refractivity contribution in [2.75, 3.05) is 12.4 Å². The summed E-state index contributed by atoms with van der Waals surface area (Å²) in [6.45, 7) is 1.67. The zero-order valence-corrected chi connectivity index (χ0v) is 17.1. The molecule has 164 valence electrons. The Kier molecular flexibility index (Phi) is 5.43. The van der Waals surface area contributed by atoms with Crippen LogP contribution in [-0.4, -0.2) is 33.0 Å². The van der Waals surface area contributed by atoms with E-state index in [0.29, 0.717) is 22.6 Å². The van der Waals surface area contributed by atoms with Crippen molar-refractivity contribution in [3.63, 3.8) is 0 Å². The Labute approximate surface area is 180 Å². The Morgan fingerprint density at radius 3 is 2.56 bits per heavy atom. The molecule has 0 aliphatic heterocycles. The number of ether oxygens (including phenoxy) is 1. The van der Waals surface area contributed by atoms with Gasteiger partial charge in [0, 0.05) is 11.6 Å². The molecule has 7 nitrogen and oxygen atoms in total. The molecule has 0 bridgehead atoms. The zero-order valence-electron chi connectivity index (χ0n) is 17.1. The molecule has 0 aliphatic carbocycles. The number of aromatic nitrogens is 4. The summed E-state index contributed by atoms with van der Waals surface area (Å²) in [6.07, 6.45) is -3.90. The van der Waals surface area contributed by atoms with Gasteiger partial charge >= 0.3 is 6.18 Å². The number of alkyl halides is 3. The standard InChI is InChI=1S/C22H18F3N5O2/c1-13-7-3-5-9-17(13)30-20(22(23,24)25)15(12-26-30)21(31)27-19-11-16(28-29-19)14-8-4-6-10-18(14)32-2/h3-12H,1-2H3,(H2,27,28,29,31). The van der Waals surface area contributed by atoms with Gasteiger partial charge in [-0.05, 0) is 30.7 Å². The molecule has 32 heavy (non-hydrogen) atoms. The quantitative estimate of drug-likeness (QED) is 0.464. The average molecular weight is 441 g/mol. The van der Waals surface area contributed by atoms with Crippen LogP contribution < -0.4 is 10.1 Å². The Balaban J connectivity index is 1.67. The summed E-state index contributed by atoms with van der Waals surface area (Å²) in [6, 6.07) is 15.1. The molecule has 0 atom stereocenters. The maximum absolute atomic E-state index is 13.9. The molecule has 0 aliphatic rings. The van der Waals surface area contributed by atoms with Crippen LogP contribution >= 0.6 is 0 Å². The number of nitrogens with one attached hydrogen (secondary N) is 2. The highest BCUT2D eigenvalue weighted by atomic mass is 19.4. The SMILES string of the molecule is COc1ccccc1-c1cc(NC(=O)c2cnn(-c3ccccc3C)c2C(F)(F)F)n[nH]1. The van der Waals surface area contributed by atoms with E-state index in [1.54, 1.807) is 49.4 Å². The second-order valence-electron chi connectivity index (χ2n) is 6.92. The Morgan fingerprint density at radius 2 is 1.84 bits per heavy atom. The number of anilines is 1. The Morgan fingerprint density at radius 1 is 1.12 bits per heavy atom. The van der Waals surface area contributed by atoms with Crippen LogP contribution in [0.5, 0.6) is 5.75 Å². The lowest BCUT2D eigenvalue weighted by molar-refractivity contribution is -0.143. The van der Waals surface area contributed by atoms with Crippen LogP contribution in [0.1, 0.15) is 21.6 Å². The first kappa shape index (κ1) is 21.2. The molecule has 0 radical (unpaired) electrons. The van der Waals surface area contributed by atoms with E-state index in [2.05, 4.69) is 20.6 Å². The van der Waals surface area contributed by atoms with Gasteiger partial charge in [-0.3, -0.25) is 9.89 Å². The van der Waals surface area contributed by atoms with Gasteiger partial charge < -0.3 is 10.1 Å². The molecule has 4 aromatic rings. The number of amides is 1. The van der Waals surface area contributed by atoms with Gasteiger partial charge in [0.15, 0.2) is 11.5 Å². The molecule has 2 N–H and O–H groups in total. The molecule has 0 saturated heterocycles. The molecule has 0 unspecified atom stereocenters. The van der Waals surface area contributed by atoms with Crippen molar-refractivity contribution in [3.8, 4) is 22.7 Å². The maximum atomic E-state index is 13.9. The number of aryl methyl sites for hydroxylation is 1. The number of para-hydroxylation sites is 2. The van der Waals surface area contributed by atoms with E-state index in [9.17, 15) is 18.0 Å². The van der Waals surface area contributed by atoms with Gasteiger partial charge in [0.25, 0.3) is 5.91 Å². The van der Waals surface area contributed by atoms with Crippen LogP contribution in [0.2, 0.25) is 0 Å². The predicted molar refractivity (Wildman–Crippen MR) is 112 cm³/mol. The van der Waals surface area contributed by atoms with Gasteiger partial charge in [-0.1, -0.05) is 30.3 Å². The van der Waals surface area contributed by atoms with Crippen LogP contribution in [0.15, 0.2) is 60.8 Å². The second kappa shape index (κ2) is 8.22. The lowest BCUT2D eigenvalue weighted by Gasteiger charge is -2.14. The van der Waals surface area contributed by atoms with E-state index in [0.717, 1.165) is 10.9 Å². The molecule has 4 rings (SSSR count). The summed E-state index contributed by atoms with van der Waals surface area (Å²) in [5.74, 6) is -0.337. The minimum Gasteiger partial charge on any atom is -0.496 e. The van der Waals surface area contributed by atoms with E-state index < -0.39 is 23.3 Å². The highest BCUT2D eigenvalue weighted by Gasteiger charge is 2.41. The summed E-state index contributed by atoms with van der Waals surface area (Å²) in [5.41, 5.74) is 0.266. The molecule has 1 amide bonds. The number of hydrogen-bond donors (Lipinski definition) is 2. The van der Waals surface area contributed by atoms with Gasteiger partial charge in [0.1, 0.15) is 5.75 Å². The smallest absolute Gasteiger partial charge is 0.434 e. The maximum Gasteiger partial charge on any atom is 0.434 e. The van der Waals surface area contributed by atoms with Gasteiger partial charge in [-0.15, -0.1) is 0 Å². The number of hydrogen-bond acceptors (Lipinski definition) is 4. The topological polar surface area (TPSA) is 84.8 Å². The number of nitrogens with zero attached hydrogens (tertiary/aromatic N) is 3. The minimum absolute atomic E-state index is 0.0627. The van der Waals surface area contributed by atoms with Gasteiger partial charge in [-0.2, -0.15) is 23.4 Å². The van der Waals surface area contributed by atoms with Crippen LogP contribution in [0.4, 0.5) is 19.0 Å². The number of halogens is 3.